The van der Waals surface area contributed by atoms with Crippen molar-refractivity contribution in [3.63, 3.8) is 0 Å². The van der Waals surface area contributed by atoms with Crippen molar-refractivity contribution in [2.45, 2.75) is 25.4 Å². The van der Waals surface area contributed by atoms with Crippen LogP contribution in [0.5, 0.6) is 0 Å². The molecule has 48 valence electrons. The van der Waals surface area contributed by atoms with E-state index in [4.69, 9.17) is 5.11 Å². The second kappa shape index (κ2) is 2.44. The van der Waals surface area contributed by atoms with Gasteiger partial charge in [-0.1, -0.05) is 0 Å². The average Bonchev–Trinajstić information content (AvgIpc) is 2.14. The standard InChI is InChI=1S/C6H11FO/c7-6-2-1-5(3-6)4-8/h5-6,8H,1-4H2. The number of hydrogen-bond acceptors (Lipinski definition) is 1. The largest absolute Gasteiger partial charge is 0.396 e. The summed E-state index contributed by atoms with van der Waals surface area (Å²) in [5.74, 6) is 0.255. The predicted molar refractivity (Wildman–Crippen MR) is 29.3 cm³/mol. The number of halogens is 1. The molecule has 1 rings (SSSR count). The van der Waals surface area contributed by atoms with Crippen LogP contribution in [0.25, 0.3) is 0 Å². The summed E-state index contributed by atoms with van der Waals surface area (Å²) in [6.45, 7) is 0.167. The molecule has 0 radical (unpaired) electrons. The Morgan fingerprint density at radius 2 is 2.25 bits per heavy atom. The normalized spacial score (nSPS) is 38.2. The molecule has 0 heterocycles. The van der Waals surface area contributed by atoms with Gasteiger partial charge in [-0.05, 0) is 25.2 Å². The van der Waals surface area contributed by atoms with Gasteiger partial charge in [0.05, 0.1) is 0 Å². The molecule has 0 spiro atoms. The highest BCUT2D eigenvalue weighted by Gasteiger charge is 2.22. The first-order chi connectivity index (χ1) is 3.83. The van der Waals surface area contributed by atoms with Crippen LogP contribution in [-0.2, 0) is 0 Å². The lowest BCUT2D eigenvalue weighted by Crippen LogP contribution is -2.00. The zero-order valence-corrected chi connectivity index (χ0v) is 4.81. The summed E-state index contributed by atoms with van der Waals surface area (Å²) in [6, 6.07) is 0. The Hall–Kier alpha value is -0.110. The van der Waals surface area contributed by atoms with Gasteiger partial charge in [0.15, 0.2) is 0 Å². The van der Waals surface area contributed by atoms with Crippen molar-refractivity contribution in [3.05, 3.63) is 0 Å². The Morgan fingerprint density at radius 3 is 2.50 bits per heavy atom. The van der Waals surface area contributed by atoms with Crippen molar-refractivity contribution in [1.29, 1.82) is 0 Å². The lowest BCUT2D eigenvalue weighted by molar-refractivity contribution is 0.219. The van der Waals surface area contributed by atoms with Gasteiger partial charge in [-0.25, -0.2) is 4.39 Å². The molecule has 2 unspecified atom stereocenters. The Balaban J connectivity index is 2.22. The monoisotopic (exact) mass is 118 g/mol. The smallest absolute Gasteiger partial charge is 0.100 e. The first-order valence-electron chi connectivity index (χ1n) is 3.08. The molecule has 0 bridgehead atoms. The molecular formula is C6H11FO. The van der Waals surface area contributed by atoms with Crippen molar-refractivity contribution in [2.24, 2.45) is 5.92 Å². The zero-order chi connectivity index (χ0) is 5.98. The molecule has 8 heavy (non-hydrogen) atoms. The summed E-state index contributed by atoms with van der Waals surface area (Å²) in [7, 11) is 0. The highest BCUT2D eigenvalue weighted by atomic mass is 19.1. The molecule has 0 amide bonds. The Bertz CT molecular complexity index is 74.9. The Labute approximate surface area is 48.5 Å². The van der Waals surface area contributed by atoms with Crippen molar-refractivity contribution >= 4 is 0 Å². The second-order valence-corrected chi connectivity index (χ2v) is 2.46. The SMILES string of the molecule is OCC1CCC(F)C1. The second-order valence-electron chi connectivity index (χ2n) is 2.46. The minimum atomic E-state index is -0.632. The number of hydrogen-bond donors (Lipinski definition) is 1. The Kier molecular flexibility index (Phi) is 1.84. The molecule has 0 aromatic rings. The fourth-order valence-corrected chi connectivity index (χ4v) is 1.18. The molecule has 2 atom stereocenters. The van der Waals surface area contributed by atoms with E-state index in [1.165, 1.54) is 0 Å². The number of aliphatic hydroxyl groups is 1. The third-order valence-corrected chi connectivity index (χ3v) is 1.74. The van der Waals surface area contributed by atoms with E-state index in [1.54, 1.807) is 0 Å². The first-order valence-corrected chi connectivity index (χ1v) is 3.08. The van der Waals surface area contributed by atoms with Crippen LogP contribution >= 0.6 is 0 Å². The van der Waals surface area contributed by atoms with Gasteiger partial charge in [0.25, 0.3) is 0 Å². The highest BCUT2D eigenvalue weighted by molar-refractivity contribution is 4.73. The summed E-state index contributed by atoms with van der Waals surface area (Å²) >= 11 is 0. The maximum atomic E-state index is 12.2. The minimum Gasteiger partial charge on any atom is -0.396 e. The molecule has 1 nitrogen and oxygen atoms in total. The van der Waals surface area contributed by atoms with Crippen LogP contribution in [0.2, 0.25) is 0 Å². The van der Waals surface area contributed by atoms with E-state index >= 15 is 0 Å². The average molecular weight is 118 g/mol. The van der Waals surface area contributed by atoms with Crippen molar-refractivity contribution < 1.29 is 9.50 Å². The maximum absolute atomic E-state index is 12.2. The fraction of sp³-hybridized carbons (Fsp3) is 1.00. The number of rotatable bonds is 1. The van der Waals surface area contributed by atoms with Gasteiger partial charge in [0, 0.05) is 6.61 Å². The fourth-order valence-electron chi connectivity index (χ4n) is 1.18. The van der Waals surface area contributed by atoms with Gasteiger partial charge in [-0.15, -0.1) is 0 Å². The van der Waals surface area contributed by atoms with Crippen molar-refractivity contribution in [3.8, 4) is 0 Å². The van der Waals surface area contributed by atoms with Crippen LogP contribution in [0.3, 0.4) is 0 Å². The van der Waals surface area contributed by atoms with Gasteiger partial charge in [-0.2, -0.15) is 0 Å². The third kappa shape index (κ3) is 1.19. The zero-order valence-electron chi connectivity index (χ0n) is 4.81. The summed E-state index contributed by atoms with van der Waals surface area (Å²) in [5, 5.41) is 8.52. The van der Waals surface area contributed by atoms with Crippen molar-refractivity contribution in [1.82, 2.24) is 0 Å². The molecule has 0 aromatic heterocycles. The molecule has 1 aliphatic rings. The van der Waals surface area contributed by atoms with Gasteiger partial charge in [-0.3, -0.25) is 0 Å². The molecule has 1 N–H and O–H groups in total. The maximum Gasteiger partial charge on any atom is 0.100 e. The van der Waals surface area contributed by atoms with Crippen LogP contribution < -0.4 is 0 Å². The van der Waals surface area contributed by atoms with E-state index in [-0.39, 0.29) is 12.5 Å². The summed E-state index contributed by atoms with van der Waals surface area (Å²) in [4.78, 5) is 0. The van der Waals surface area contributed by atoms with Crippen LogP contribution in [0.4, 0.5) is 4.39 Å². The molecule has 0 saturated heterocycles. The molecule has 0 aliphatic heterocycles. The summed E-state index contributed by atoms with van der Waals surface area (Å²) in [6.07, 6.45) is 1.48. The van der Waals surface area contributed by atoms with E-state index in [0.29, 0.717) is 12.8 Å². The third-order valence-electron chi connectivity index (χ3n) is 1.74. The lowest BCUT2D eigenvalue weighted by Gasteiger charge is -1.99. The van der Waals surface area contributed by atoms with E-state index in [9.17, 15) is 4.39 Å². The topological polar surface area (TPSA) is 20.2 Å². The van der Waals surface area contributed by atoms with Crippen molar-refractivity contribution in [2.75, 3.05) is 6.61 Å². The van der Waals surface area contributed by atoms with Gasteiger partial charge in [0.1, 0.15) is 6.17 Å². The highest BCUT2D eigenvalue weighted by Crippen LogP contribution is 2.26. The molecule has 2 heteroatoms. The van der Waals surface area contributed by atoms with Crippen LogP contribution in [0.15, 0.2) is 0 Å². The molecule has 1 fully saturated rings. The van der Waals surface area contributed by atoms with Gasteiger partial charge < -0.3 is 5.11 Å². The lowest BCUT2D eigenvalue weighted by atomic mass is 10.1. The quantitative estimate of drug-likeness (QED) is 0.547. The minimum absolute atomic E-state index is 0.167. The van der Waals surface area contributed by atoms with E-state index in [2.05, 4.69) is 0 Å². The van der Waals surface area contributed by atoms with Crippen LogP contribution in [0, 0.1) is 5.92 Å². The predicted octanol–water partition coefficient (Wildman–Crippen LogP) is 1.12. The van der Waals surface area contributed by atoms with E-state index in [0.717, 1.165) is 6.42 Å². The van der Waals surface area contributed by atoms with Gasteiger partial charge in [0.2, 0.25) is 0 Å². The number of aliphatic hydroxyl groups excluding tert-OH is 1. The van der Waals surface area contributed by atoms with E-state index < -0.39 is 6.17 Å². The summed E-state index contributed by atoms with van der Waals surface area (Å²) in [5.41, 5.74) is 0. The van der Waals surface area contributed by atoms with E-state index in [1.807, 2.05) is 0 Å². The molecular weight excluding hydrogens is 107 g/mol. The van der Waals surface area contributed by atoms with Crippen LogP contribution in [0.1, 0.15) is 19.3 Å². The molecule has 1 aliphatic carbocycles. The molecule has 1 saturated carbocycles. The first kappa shape index (κ1) is 6.02. The molecule has 0 aromatic carbocycles. The Morgan fingerprint density at radius 1 is 1.50 bits per heavy atom. The van der Waals surface area contributed by atoms with Gasteiger partial charge >= 0.3 is 0 Å². The summed E-state index contributed by atoms with van der Waals surface area (Å²) < 4.78 is 12.2. The number of alkyl halides is 1. The van der Waals surface area contributed by atoms with Crippen LogP contribution in [-0.4, -0.2) is 17.9 Å².